The number of nitrogens with zero attached hydrogens (tertiary/aromatic N) is 4. The van der Waals surface area contributed by atoms with Crippen LogP contribution >= 0.6 is 0 Å². The third-order valence-corrected chi connectivity index (χ3v) is 3.29. The molecule has 0 bridgehead atoms. The van der Waals surface area contributed by atoms with Gasteiger partial charge in [0.15, 0.2) is 0 Å². The summed E-state index contributed by atoms with van der Waals surface area (Å²) in [5, 5.41) is 6.97. The van der Waals surface area contributed by atoms with Crippen LogP contribution in [0, 0.1) is 0 Å². The summed E-state index contributed by atoms with van der Waals surface area (Å²) in [6.45, 7) is 2.03. The fourth-order valence-electron chi connectivity index (χ4n) is 2.26. The number of aryl methyl sites for hydroxylation is 1. The number of rotatable bonds is 2. The van der Waals surface area contributed by atoms with E-state index in [9.17, 15) is 4.79 Å². The maximum Gasteiger partial charge on any atom is 0.253 e. The van der Waals surface area contributed by atoms with E-state index in [0.29, 0.717) is 18.7 Å². The molecule has 0 saturated carbocycles. The smallest absolute Gasteiger partial charge is 0.253 e. The van der Waals surface area contributed by atoms with Crippen molar-refractivity contribution >= 4 is 11.6 Å². The van der Waals surface area contributed by atoms with Gasteiger partial charge in [0, 0.05) is 25.8 Å². The Bertz CT molecular complexity index is 607. The van der Waals surface area contributed by atoms with Crippen LogP contribution in [0.25, 0.3) is 0 Å². The normalized spacial score (nSPS) is 14.8. The zero-order chi connectivity index (χ0) is 13.2. The van der Waals surface area contributed by atoms with Crippen LogP contribution in [0.15, 0.2) is 30.6 Å². The van der Waals surface area contributed by atoms with Crippen molar-refractivity contribution in [3.63, 3.8) is 0 Å². The number of para-hydroxylation sites is 1. The number of benzene rings is 1. The fraction of sp³-hybridized carbons (Fsp3) is 0.308. The lowest BCUT2D eigenvalue weighted by Gasteiger charge is -2.23. The molecular formula is C13H15N5O. The van der Waals surface area contributed by atoms with E-state index in [1.165, 1.54) is 0 Å². The molecule has 1 N–H and O–H groups in total. The van der Waals surface area contributed by atoms with Crippen molar-refractivity contribution in [3.05, 3.63) is 42.0 Å². The summed E-state index contributed by atoms with van der Waals surface area (Å²) >= 11 is 0. The van der Waals surface area contributed by atoms with Gasteiger partial charge in [0.25, 0.3) is 5.91 Å². The lowest BCUT2D eigenvalue weighted by molar-refractivity contribution is 0.0958. The maximum absolute atomic E-state index is 11.9. The summed E-state index contributed by atoms with van der Waals surface area (Å²) in [4.78, 5) is 18.3. The van der Waals surface area contributed by atoms with Crippen molar-refractivity contribution in [1.29, 1.82) is 0 Å². The van der Waals surface area contributed by atoms with Gasteiger partial charge in [-0.3, -0.25) is 9.48 Å². The van der Waals surface area contributed by atoms with Gasteiger partial charge < -0.3 is 10.2 Å². The number of amides is 1. The molecule has 0 unspecified atom stereocenters. The molecule has 1 aromatic heterocycles. The molecule has 0 fully saturated rings. The Labute approximate surface area is 111 Å². The standard InChI is InChI=1S/C13H15N5O/c1-17-12(15-9-16-17)8-18-7-6-14-13(19)10-4-2-3-5-11(10)18/h2-5,9H,6-8H2,1H3,(H,14,19). The van der Waals surface area contributed by atoms with Crippen molar-refractivity contribution < 1.29 is 4.79 Å². The molecule has 19 heavy (non-hydrogen) atoms. The molecule has 1 aliphatic rings. The van der Waals surface area contributed by atoms with E-state index >= 15 is 0 Å². The van der Waals surface area contributed by atoms with E-state index in [4.69, 9.17) is 0 Å². The summed E-state index contributed by atoms with van der Waals surface area (Å²) in [7, 11) is 1.87. The van der Waals surface area contributed by atoms with Crippen molar-refractivity contribution in [3.8, 4) is 0 Å². The molecule has 0 atom stereocenters. The Morgan fingerprint density at radius 1 is 1.37 bits per heavy atom. The van der Waals surface area contributed by atoms with E-state index in [1.807, 2.05) is 31.3 Å². The third kappa shape index (κ3) is 2.16. The monoisotopic (exact) mass is 257 g/mol. The molecular weight excluding hydrogens is 242 g/mol. The third-order valence-electron chi connectivity index (χ3n) is 3.29. The Morgan fingerprint density at radius 3 is 3.00 bits per heavy atom. The van der Waals surface area contributed by atoms with Gasteiger partial charge in [0.1, 0.15) is 12.2 Å². The number of hydrogen-bond acceptors (Lipinski definition) is 4. The number of carbonyl (C=O) groups excluding carboxylic acids is 1. The van der Waals surface area contributed by atoms with E-state index < -0.39 is 0 Å². The zero-order valence-electron chi connectivity index (χ0n) is 10.7. The second kappa shape index (κ2) is 4.72. The Morgan fingerprint density at radius 2 is 2.21 bits per heavy atom. The molecule has 2 aromatic rings. The van der Waals surface area contributed by atoms with E-state index in [-0.39, 0.29) is 5.91 Å². The van der Waals surface area contributed by atoms with Crippen LogP contribution in [-0.4, -0.2) is 33.8 Å². The van der Waals surface area contributed by atoms with Gasteiger partial charge in [-0.2, -0.15) is 5.10 Å². The number of nitrogens with one attached hydrogen (secondary N) is 1. The average Bonchev–Trinajstić information content (AvgIpc) is 2.75. The molecule has 3 rings (SSSR count). The topological polar surface area (TPSA) is 63.1 Å². The molecule has 1 aliphatic heterocycles. The number of carbonyl (C=O) groups is 1. The maximum atomic E-state index is 11.9. The van der Waals surface area contributed by atoms with Crippen LogP contribution in [0.1, 0.15) is 16.2 Å². The largest absolute Gasteiger partial charge is 0.362 e. The van der Waals surface area contributed by atoms with E-state index in [1.54, 1.807) is 11.0 Å². The van der Waals surface area contributed by atoms with Gasteiger partial charge in [-0.05, 0) is 12.1 Å². The van der Waals surface area contributed by atoms with Crippen LogP contribution < -0.4 is 10.2 Å². The molecule has 98 valence electrons. The van der Waals surface area contributed by atoms with Crippen molar-refractivity contribution in [2.24, 2.45) is 7.05 Å². The molecule has 2 heterocycles. The lowest BCUT2D eigenvalue weighted by atomic mass is 10.1. The van der Waals surface area contributed by atoms with Gasteiger partial charge in [-0.25, -0.2) is 4.98 Å². The quantitative estimate of drug-likeness (QED) is 0.854. The van der Waals surface area contributed by atoms with Gasteiger partial charge in [0.05, 0.1) is 12.1 Å². The Kier molecular flexibility index (Phi) is 2.91. The van der Waals surface area contributed by atoms with Gasteiger partial charge >= 0.3 is 0 Å². The Hall–Kier alpha value is -2.37. The molecule has 1 amide bonds. The number of anilines is 1. The van der Waals surface area contributed by atoms with Crippen LogP contribution in [-0.2, 0) is 13.6 Å². The first-order valence-corrected chi connectivity index (χ1v) is 6.21. The Balaban J connectivity index is 1.95. The first-order valence-electron chi connectivity index (χ1n) is 6.21. The summed E-state index contributed by atoms with van der Waals surface area (Å²) < 4.78 is 1.75. The molecule has 6 heteroatoms. The zero-order valence-corrected chi connectivity index (χ0v) is 10.7. The highest BCUT2D eigenvalue weighted by Gasteiger charge is 2.20. The lowest BCUT2D eigenvalue weighted by Crippen LogP contribution is -2.30. The van der Waals surface area contributed by atoms with E-state index in [0.717, 1.165) is 18.1 Å². The number of fused-ring (bicyclic) bond motifs is 1. The molecule has 0 radical (unpaired) electrons. The van der Waals surface area contributed by atoms with Crippen molar-refractivity contribution in [2.75, 3.05) is 18.0 Å². The first-order chi connectivity index (χ1) is 9.25. The highest BCUT2D eigenvalue weighted by Crippen LogP contribution is 2.23. The van der Waals surface area contributed by atoms with Crippen LogP contribution in [0.2, 0.25) is 0 Å². The summed E-state index contributed by atoms with van der Waals surface area (Å²) in [5.74, 6) is 0.861. The minimum absolute atomic E-state index is 0.0175. The average molecular weight is 257 g/mol. The SMILES string of the molecule is Cn1ncnc1CN1CCNC(=O)c2ccccc21. The van der Waals surface area contributed by atoms with Gasteiger partial charge in [0.2, 0.25) is 0 Å². The predicted molar refractivity (Wildman–Crippen MR) is 70.8 cm³/mol. The first kappa shape index (κ1) is 11.7. The highest BCUT2D eigenvalue weighted by molar-refractivity contribution is 6.00. The highest BCUT2D eigenvalue weighted by atomic mass is 16.1. The molecule has 0 aliphatic carbocycles. The van der Waals surface area contributed by atoms with Gasteiger partial charge in [-0.15, -0.1) is 0 Å². The van der Waals surface area contributed by atoms with Crippen LogP contribution in [0.4, 0.5) is 5.69 Å². The fourth-order valence-corrected chi connectivity index (χ4v) is 2.26. The van der Waals surface area contributed by atoms with E-state index in [2.05, 4.69) is 20.3 Å². The molecule has 1 aromatic carbocycles. The van der Waals surface area contributed by atoms with Crippen LogP contribution in [0.3, 0.4) is 0 Å². The molecule has 0 spiro atoms. The second-order valence-corrected chi connectivity index (χ2v) is 4.49. The molecule has 0 saturated heterocycles. The van der Waals surface area contributed by atoms with Crippen molar-refractivity contribution in [1.82, 2.24) is 20.1 Å². The summed E-state index contributed by atoms with van der Waals surface area (Å²) in [6.07, 6.45) is 1.54. The molecule has 6 nitrogen and oxygen atoms in total. The minimum Gasteiger partial charge on any atom is -0.362 e. The van der Waals surface area contributed by atoms with Crippen molar-refractivity contribution in [2.45, 2.75) is 6.54 Å². The summed E-state index contributed by atoms with van der Waals surface area (Å²) in [6, 6.07) is 7.64. The van der Waals surface area contributed by atoms with Crippen LogP contribution in [0.5, 0.6) is 0 Å². The predicted octanol–water partition coefficient (Wildman–Crippen LogP) is 0.565. The second-order valence-electron chi connectivity index (χ2n) is 4.49. The minimum atomic E-state index is -0.0175. The summed E-state index contributed by atoms with van der Waals surface area (Å²) in [5.41, 5.74) is 1.66. The number of hydrogen-bond donors (Lipinski definition) is 1. The number of aromatic nitrogens is 3. The van der Waals surface area contributed by atoms with Gasteiger partial charge in [-0.1, -0.05) is 12.1 Å².